The number of benzene rings is 1. The molecule has 1 aromatic heterocycles. The van der Waals surface area contributed by atoms with Gasteiger partial charge in [-0.15, -0.1) is 0 Å². The van der Waals surface area contributed by atoms with E-state index < -0.39 is 0 Å². The summed E-state index contributed by atoms with van der Waals surface area (Å²) in [6.07, 6.45) is 2.61. The van der Waals surface area contributed by atoms with Crippen molar-refractivity contribution in [3.8, 4) is 17.2 Å². The van der Waals surface area contributed by atoms with Gasteiger partial charge in [-0.2, -0.15) is 0 Å². The van der Waals surface area contributed by atoms with Crippen LogP contribution in [0.5, 0.6) is 17.2 Å². The molecule has 2 aromatic rings. The lowest BCUT2D eigenvalue weighted by Crippen LogP contribution is -2.22. The van der Waals surface area contributed by atoms with Gasteiger partial charge in [0, 0.05) is 31.1 Å². The predicted octanol–water partition coefficient (Wildman–Crippen LogP) is 1.87. The molecule has 1 amide bonds. The maximum absolute atomic E-state index is 11.0. The number of rotatable bonds is 6. The fourth-order valence-electron chi connectivity index (χ4n) is 2.40. The molecule has 2 rings (SSSR count). The van der Waals surface area contributed by atoms with E-state index in [1.165, 1.54) is 6.92 Å². The molecular formula is C15H20N2O4. The molecule has 0 aliphatic rings. The molecule has 0 aliphatic carbocycles. The lowest BCUT2D eigenvalue weighted by molar-refractivity contribution is -0.118. The van der Waals surface area contributed by atoms with Crippen molar-refractivity contribution in [2.45, 2.75) is 13.3 Å². The van der Waals surface area contributed by atoms with Gasteiger partial charge in [0.2, 0.25) is 11.7 Å². The summed E-state index contributed by atoms with van der Waals surface area (Å²) in [7, 11) is 4.76. The van der Waals surface area contributed by atoms with Crippen molar-refractivity contribution in [1.29, 1.82) is 0 Å². The van der Waals surface area contributed by atoms with Crippen molar-refractivity contribution in [3.63, 3.8) is 0 Å². The molecule has 0 spiro atoms. The molecule has 1 heterocycles. The molecule has 6 nitrogen and oxygen atoms in total. The third-order valence-corrected chi connectivity index (χ3v) is 3.32. The summed E-state index contributed by atoms with van der Waals surface area (Å²) in [5.74, 6) is 1.76. The lowest BCUT2D eigenvalue weighted by Gasteiger charge is -2.14. The summed E-state index contributed by atoms with van der Waals surface area (Å²) in [4.78, 5) is 14.2. The van der Waals surface area contributed by atoms with E-state index in [1.807, 2.05) is 12.3 Å². The Kier molecular flexibility index (Phi) is 4.57. The van der Waals surface area contributed by atoms with Gasteiger partial charge >= 0.3 is 0 Å². The van der Waals surface area contributed by atoms with Crippen molar-refractivity contribution in [2.24, 2.45) is 0 Å². The maximum Gasteiger partial charge on any atom is 0.216 e. The van der Waals surface area contributed by atoms with Gasteiger partial charge in [0.15, 0.2) is 11.5 Å². The number of aromatic amines is 1. The number of fused-ring (bicyclic) bond motifs is 1. The molecule has 0 bridgehead atoms. The average molecular weight is 292 g/mol. The maximum atomic E-state index is 11.0. The van der Waals surface area contributed by atoms with Crippen molar-refractivity contribution < 1.29 is 19.0 Å². The average Bonchev–Trinajstić information content (AvgIpc) is 2.87. The standard InChI is InChI=1S/C15H20N2O4/c1-9(18)16-6-5-10-8-17-11-7-12(19-2)14(20-3)15(21-4)13(10)11/h7-8,17H,5-6H2,1-4H3,(H,16,18). The molecule has 0 atom stereocenters. The van der Waals surface area contributed by atoms with E-state index in [0.717, 1.165) is 16.5 Å². The summed E-state index contributed by atoms with van der Waals surface area (Å²) >= 11 is 0. The van der Waals surface area contributed by atoms with E-state index in [4.69, 9.17) is 14.2 Å². The highest BCUT2D eigenvalue weighted by molar-refractivity contribution is 5.94. The van der Waals surface area contributed by atoms with Crippen LogP contribution in [0.3, 0.4) is 0 Å². The van der Waals surface area contributed by atoms with Crippen molar-refractivity contribution >= 4 is 16.8 Å². The van der Waals surface area contributed by atoms with Crippen LogP contribution in [0, 0.1) is 0 Å². The van der Waals surface area contributed by atoms with E-state index in [9.17, 15) is 4.79 Å². The van der Waals surface area contributed by atoms with Gasteiger partial charge in [-0.3, -0.25) is 4.79 Å². The van der Waals surface area contributed by atoms with E-state index in [0.29, 0.717) is 30.2 Å². The normalized spacial score (nSPS) is 10.5. The Hall–Kier alpha value is -2.37. The van der Waals surface area contributed by atoms with Gasteiger partial charge in [-0.1, -0.05) is 0 Å². The molecule has 21 heavy (non-hydrogen) atoms. The molecule has 2 N–H and O–H groups in total. The molecule has 0 radical (unpaired) electrons. The summed E-state index contributed by atoms with van der Waals surface area (Å²) < 4.78 is 16.2. The smallest absolute Gasteiger partial charge is 0.216 e. The fourth-order valence-corrected chi connectivity index (χ4v) is 2.40. The first kappa shape index (κ1) is 15.0. The number of hydrogen-bond acceptors (Lipinski definition) is 4. The topological polar surface area (TPSA) is 72.6 Å². The van der Waals surface area contributed by atoms with Crippen LogP contribution in [0.25, 0.3) is 10.9 Å². The Morgan fingerprint density at radius 3 is 2.48 bits per heavy atom. The zero-order valence-electron chi connectivity index (χ0n) is 12.7. The van der Waals surface area contributed by atoms with Gasteiger partial charge in [-0.05, 0) is 12.0 Å². The van der Waals surface area contributed by atoms with Crippen LogP contribution >= 0.6 is 0 Å². The number of hydrogen-bond donors (Lipinski definition) is 2. The first-order valence-corrected chi connectivity index (χ1v) is 6.65. The number of methoxy groups -OCH3 is 3. The van der Waals surface area contributed by atoms with Gasteiger partial charge < -0.3 is 24.5 Å². The van der Waals surface area contributed by atoms with E-state index in [-0.39, 0.29) is 5.91 Å². The van der Waals surface area contributed by atoms with E-state index in [1.54, 1.807) is 21.3 Å². The molecule has 0 saturated heterocycles. The summed E-state index contributed by atoms with van der Waals surface area (Å²) in [5.41, 5.74) is 1.96. The summed E-state index contributed by atoms with van der Waals surface area (Å²) in [6, 6.07) is 1.87. The first-order valence-electron chi connectivity index (χ1n) is 6.65. The van der Waals surface area contributed by atoms with Crippen molar-refractivity contribution in [1.82, 2.24) is 10.3 Å². The van der Waals surface area contributed by atoms with Crippen LogP contribution in [-0.4, -0.2) is 38.8 Å². The summed E-state index contributed by atoms with van der Waals surface area (Å²) in [5, 5.41) is 3.73. The minimum Gasteiger partial charge on any atom is -0.493 e. The molecule has 114 valence electrons. The third-order valence-electron chi connectivity index (χ3n) is 3.32. The highest BCUT2D eigenvalue weighted by atomic mass is 16.5. The quantitative estimate of drug-likeness (QED) is 0.852. The number of amides is 1. The van der Waals surface area contributed by atoms with Crippen LogP contribution < -0.4 is 19.5 Å². The molecular weight excluding hydrogens is 272 g/mol. The number of carbonyl (C=O) groups excluding carboxylic acids is 1. The van der Waals surface area contributed by atoms with Gasteiger partial charge in [0.05, 0.1) is 26.8 Å². The molecule has 0 aliphatic heterocycles. The second-order valence-corrected chi connectivity index (χ2v) is 4.61. The van der Waals surface area contributed by atoms with Crippen LogP contribution in [0.15, 0.2) is 12.3 Å². The minimum atomic E-state index is -0.0407. The Morgan fingerprint density at radius 2 is 1.90 bits per heavy atom. The number of aromatic nitrogens is 1. The number of H-pyrrole nitrogens is 1. The molecule has 6 heteroatoms. The molecule has 0 unspecified atom stereocenters. The SMILES string of the molecule is COc1cc2[nH]cc(CCNC(C)=O)c2c(OC)c1OC. The molecule has 0 fully saturated rings. The lowest BCUT2D eigenvalue weighted by atomic mass is 10.1. The van der Waals surface area contributed by atoms with Gasteiger partial charge in [-0.25, -0.2) is 0 Å². The summed E-state index contributed by atoms with van der Waals surface area (Å²) in [6.45, 7) is 2.07. The Morgan fingerprint density at radius 1 is 1.19 bits per heavy atom. The second kappa shape index (κ2) is 6.39. The van der Waals surface area contributed by atoms with Crippen LogP contribution in [0.2, 0.25) is 0 Å². The third kappa shape index (κ3) is 2.89. The largest absolute Gasteiger partial charge is 0.493 e. The Bertz CT molecular complexity index is 649. The molecule has 0 saturated carbocycles. The van der Waals surface area contributed by atoms with Crippen LogP contribution in [-0.2, 0) is 11.2 Å². The second-order valence-electron chi connectivity index (χ2n) is 4.61. The van der Waals surface area contributed by atoms with Crippen molar-refractivity contribution in [2.75, 3.05) is 27.9 Å². The van der Waals surface area contributed by atoms with Gasteiger partial charge in [0.25, 0.3) is 0 Å². The van der Waals surface area contributed by atoms with Gasteiger partial charge in [0.1, 0.15) is 0 Å². The Labute approximate surface area is 123 Å². The number of nitrogens with one attached hydrogen (secondary N) is 2. The predicted molar refractivity (Wildman–Crippen MR) is 80.3 cm³/mol. The monoisotopic (exact) mass is 292 g/mol. The number of carbonyl (C=O) groups is 1. The number of ether oxygens (including phenoxy) is 3. The van der Waals surface area contributed by atoms with Crippen molar-refractivity contribution in [3.05, 3.63) is 17.8 Å². The minimum absolute atomic E-state index is 0.0407. The van der Waals surface area contributed by atoms with Crippen LogP contribution in [0.1, 0.15) is 12.5 Å². The van der Waals surface area contributed by atoms with E-state index >= 15 is 0 Å². The zero-order chi connectivity index (χ0) is 15.4. The van der Waals surface area contributed by atoms with Crippen LogP contribution in [0.4, 0.5) is 0 Å². The molecule has 1 aromatic carbocycles. The highest BCUT2D eigenvalue weighted by Gasteiger charge is 2.19. The fraction of sp³-hybridized carbons (Fsp3) is 0.400. The van der Waals surface area contributed by atoms with E-state index in [2.05, 4.69) is 10.3 Å². The zero-order valence-corrected chi connectivity index (χ0v) is 12.7. The highest BCUT2D eigenvalue weighted by Crippen LogP contribution is 2.44. The Balaban J connectivity index is 2.47. The first-order chi connectivity index (χ1) is 10.1.